The fourth-order valence-electron chi connectivity index (χ4n) is 3.64. The van der Waals surface area contributed by atoms with Crippen LogP contribution >= 0.6 is 0 Å². The first-order valence-corrected chi connectivity index (χ1v) is 9.36. The van der Waals surface area contributed by atoms with Gasteiger partial charge in [0.25, 0.3) is 5.56 Å². The molecule has 1 aliphatic rings. The van der Waals surface area contributed by atoms with Gasteiger partial charge in [0.2, 0.25) is 5.88 Å². The number of benzene rings is 1. The summed E-state index contributed by atoms with van der Waals surface area (Å²) >= 11 is 0. The van der Waals surface area contributed by atoms with Crippen molar-refractivity contribution in [3.63, 3.8) is 0 Å². The number of aryl methyl sites for hydroxylation is 1. The normalized spacial score (nSPS) is 15.6. The largest absolute Gasteiger partial charge is 0.493 e. The lowest BCUT2D eigenvalue weighted by Gasteiger charge is -2.28. The molecule has 0 radical (unpaired) electrons. The Morgan fingerprint density at radius 2 is 1.93 bits per heavy atom. The van der Waals surface area contributed by atoms with E-state index in [0.29, 0.717) is 34.9 Å². The highest BCUT2D eigenvalue weighted by Crippen LogP contribution is 2.42. The van der Waals surface area contributed by atoms with Crippen LogP contribution in [0.25, 0.3) is 0 Å². The van der Waals surface area contributed by atoms with Crippen molar-refractivity contribution in [2.45, 2.75) is 33.2 Å². The monoisotopic (exact) mass is 395 g/mol. The van der Waals surface area contributed by atoms with Gasteiger partial charge < -0.3 is 24.5 Å². The Morgan fingerprint density at radius 1 is 1.24 bits per heavy atom. The molecule has 1 aromatic carbocycles. The van der Waals surface area contributed by atoms with Crippen molar-refractivity contribution in [3.8, 4) is 23.3 Å². The van der Waals surface area contributed by atoms with Crippen molar-refractivity contribution in [3.05, 3.63) is 62.9 Å². The van der Waals surface area contributed by atoms with Gasteiger partial charge in [0, 0.05) is 18.3 Å². The summed E-state index contributed by atoms with van der Waals surface area (Å²) in [6.07, 6.45) is 0. The van der Waals surface area contributed by atoms with Gasteiger partial charge in [-0.1, -0.05) is 19.9 Å². The van der Waals surface area contributed by atoms with E-state index in [1.165, 1.54) is 7.11 Å². The molecule has 0 spiro atoms. The molecule has 152 valence electrons. The molecule has 0 saturated carbocycles. The molecule has 0 fully saturated rings. The molecule has 1 aliphatic heterocycles. The molecule has 1 aromatic heterocycles. The summed E-state index contributed by atoms with van der Waals surface area (Å²) in [7, 11) is 3.08. The minimum atomic E-state index is -0.657. The van der Waals surface area contributed by atoms with Crippen molar-refractivity contribution in [1.29, 1.82) is 5.26 Å². The summed E-state index contributed by atoms with van der Waals surface area (Å²) < 4.78 is 18.1. The molecule has 0 aliphatic carbocycles. The summed E-state index contributed by atoms with van der Waals surface area (Å²) in [6, 6.07) is 9.23. The standard InChI is InChI=1S/C22H25N3O4/c1-12(2)11-25-13(3)8-18-20(22(25)26)19(15(10-23)21(24)29-18)14-6-7-16(27-4)17(9-14)28-5/h6-9,12,19H,11,24H2,1-5H3/t19-/m1/s1. The van der Waals surface area contributed by atoms with Crippen LogP contribution in [-0.2, 0) is 6.54 Å². The summed E-state index contributed by atoms with van der Waals surface area (Å²) in [5, 5.41) is 9.77. The van der Waals surface area contributed by atoms with E-state index in [-0.39, 0.29) is 22.9 Å². The maximum Gasteiger partial charge on any atom is 0.258 e. The third-order valence-corrected chi connectivity index (χ3v) is 4.98. The van der Waals surface area contributed by atoms with Gasteiger partial charge in [0.05, 0.1) is 25.7 Å². The lowest BCUT2D eigenvalue weighted by atomic mass is 9.83. The van der Waals surface area contributed by atoms with Crippen molar-refractivity contribution in [1.82, 2.24) is 4.57 Å². The molecule has 2 N–H and O–H groups in total. The molecule has 29 heavy (non-hydrogen) atoms. The van der Waals surface area contributed by atoms with E-state index in [4.69, 9.17) is 19.9 Å². The van der Waals surface area contributed by atoms with E-state index in [0.717, 1.165) is 5.69 Å². The number of methoxy groups -OCH3 is 2. The van der Waals surface area contributed by atoms with E-state index >= 15 is 0 Å². The van der Waals surface area contributed by atoms with Gasteiger partial charge in [0.15, 0.2) is 11.5 Å². The Morgan fingerprint density at radius 3 is 2.52 bits per heavy atom. The van der Waals surface area contributed by atoms with Crippen LogP contribution in [0.2, 0.25) is 0 Å². The Hall–Kier alpha value is -3.40. The number of hydrogen-bond donors (Lipinski definition) is 1. The zero-order chi connectivity index (χ0) is 21.3. The summed E-state index contributed by atoms with van der Waals surface area (Å²) in [4.78, 5) is 13.5. The van der Waals surface area contributed by atoms with E-state index < -0.39 is 5.92 Å². The quantitative estimate of drug-likeness (QED) is 0.835. The summed E-state index contributed by atoms with van der Waals surface area (Å²) in [5.41, 5.74) is 7.93. The first kappa shape index (κ1) is 20.3. The Kier molecular flexibility index (Phi) is 5.55. The average molecular weight is 395 g/mol. The number of fused-ring (bicyclic) bond motifs is 1. The summed E-state index contributed by atoms with van der Waals surface area (Å²) in [5.74, 6) is 1.06. The van der Waals surface area contributed by atoms with Gasteiger partial charge in [-0.2, -0.15) is 5.26 Å². The van der Waals surface area contributed by atoms with Crippen molar-refractivity contribution in [2.24, 2.45) is 11.7 Å². The summed E-state index contributed by atoms with van der Waals surface area (Å²) in [6.45, 7) is 6.52. The highest BCUT2D eigenvalue weighted by Gasteiger charge is 2.34. The molecule has 0 bridgehead atoms. The van der Waals surface area contributed by atoms with Gasteiger partial charge >= 0.3 is 0 Å². The van der Waals surface area contributed by atoms with Crippen molar-refractivity contribution >= 4 is 0 Å². The fourth-order valence-corrected chi connectivity index (χ4v) is 3.64. The molecule has 7 nitrogen and oxygen atoms in total. The van der Waals surface area contributed by atoms with Gasteiger partial charge in [0.1, 0.15) is 17.4 Å². The van der Waals surface area contributed by atoms with Crippen LogP contribution in [0.3, 0.4) is 0 Å². The predicted octanol–water partition coefficient (Wildman–Crippen LogP) is 3.05. The molecular weight excluding hydrogens is 370 g/mol. The third-order valence-electron chi connectivity index (χ3n) is 4.98. The Labute approximate surface area is 169 Å². The van der Waals surface area contributed by atoms with Gasteiger partial charge in [-0.3, -0.25) is 4.79 Å². The number of ether oxygens (including phenoxy) is 3. The van der Waals surface area contributed by atoms with Crippen LogP contribution in [0, 0.1) is 24.2 Å². The lowest BCUT2D eigenvalue weighted by Crippen LogP contribution is -2.33. The van der Waals surface area contributed by atoms with E-state index in [2.05, 4.69) is 6.07 Å². The molecule has 2 aromatic rings. The molecule has 0 unspecified atom stereocenters. The number of allylic oxidation sites excluding steroid dienone is 1. The van der Waals surface area contributed by atoms with E-state index in [1.807, 2.05) is 20.8 Å². The first-order valence-electron chi connectivity index (χ1n) is 9.36. The number of rotatable bonds is 5. The van der Waals surface area contributed by atoms with E-state index in [1.54, 1.807) is 35.9 Å². The average Bonchev–Trinajstić information content (AvgIpc) is 2.69. The first-order chi connectivity index (χ1) is 13.8. The minimum absolute atomic E-state index is 0.000180. The van der Waals surface area contributed by atoms with Crippen LogP contribution in [0.5, 0.6) is 17.2 Å². The lowest BCUT2D eigenvalue weighted by molar-refractivity contribution is 0.354. The van der Waals surface area contributed by atoms with Gasteiger partial charge in [-0.05, 0) is 30.5 Å². The maximum atomic E-state index is 13.5. The van der Waals surface area contributed by atoms with Crippen LogP contribution in [0.4, 0.5) is 0 Å². The van der Waals surface area contributed by atoms with Crippen LogP contribution in [-0.4, -0.2) is 18.8 Å². The highest BCUT2D eigenvalue weighted by atomic mass is 16.5. The minimum Gasteiger partial charge on any atom is -0.493 e. The third kappa shape index (κ3) is 3.54. The molecule has 7 heteroatoms. The van der Waals surface area contributed by atoms with Crippen molar-refractivity contribution < 1.29 is 14.2 Å². The number of nitrogens with two attached hydrogens (primary N) is 1. The van der Waals surface area contributed by atoms with Crippen LogP contribution < -0.4 is 25.5 Å². The number of pyridine rings is 1. The molecule has 0 saturated heterocycles. The smallest absolute Gasteiger partial charge is 0.258 e. The van der Waals surface area contributed by atoms with Gasteiger partial charge in [-0.25, -0.2) is 0 Å². The van der Waals surface area contributed by atoms with Crippen LogP contribution in [0.1, 0.15) is 36.6 Å². The second-order valence-corrected chi connectivity index (χ2v) is 7.41. The Balaban J connectivity index is 2.30. The molecule has 2 heterocycles. The van der Waals surface area contributed by atoms with E-state index in [9.17, 15) is 10.1 Å². The molecule has 1 atom stereocenters. The second-order valence-electron chi connectivity index (χ2n) is 7.41. The number of hydrogen-bond acceptors (Lipinski definition) is 6. The SMILES string of the molecule is COc1ccc([C@@H]2C(C#N)=C(N)Oc3cc(C)n(CC(C)C)c(=O)c32)cc1OC. The van der Waals surface area contributed by atoms with Gasteiger partial charge in [-0.15, -0.1) is 0 Å². The zero-order valence-corrected chi connectivity index (χ0v) is 17.3. The maximum absolute atomic E-state index is 13.5. The Bertz CT molecular complexity index is 1080. The molecule has 3 rings (SSSR count). The topological polar surface area (TPSA) is 99.5 Å². The molecular formula is C22H25N3O4. The number of nitrogens with zero attached hydrogens (tertiary/aromatic N) is 2. The number of nitriles is 1. The molecule has 0 amide bonds. The highest BCUT2D eigenvalue weighted by molar-refractivity contribution is 5.57. The number of aromatic nitrogens is 1. The second kappa shape index (κ2) is 7.92. The fraction of sp³-hybridized carbons (Fsp3) is 0.364. The predicted molar refractivity (Wildman–Crippen MR) is 109 cm³/mol. The van der Waals surface area contributed by atoms with Crippen LogP contribution in [0.15, 0.2) is 40.5 Å². The van der Waals surface area contributed by atoms with Crippen molar-refractivity contribution in [2.75, 3.05) is 14.2 Å². The zero-order valence-electron chi connectivity index (χ0n) is 17.3.